The second-order valence-corrected chi connectivity index (χ2v) is 7.89. The van der Waals surface area contributed by atoms with Crippen molar-refractivity contribution >= 4 is 11.8 Å². The van der Waals surface area contributed by atoms with E-state index in [4.69, 9.17) is 13.9 Å². The zero-order chi connectivity index (χ0) is 22.2. The van der Waals surface area contributed by atoms with Crippen LogP contribution in [0.5, 0.6) is 11.5 Å². The van der Waals surface area contributed by atoms with Crippen molar-refractivity contribution in [3.8, 4) is 11.5 Å². The van der Waals surface area contributed by atoms with Crippen molar-refractivity contribution in [3.63, 3.8) is 0 Å². The van der Waals surface area contributed by atoms with Crippen molar-refractivity contribution in [1.82, 2.24) is 10.2 Å². The highest BCUT2D eigenvalue weighted by Crippen LogP contribution is 2.31. The third kappa shape index (κ3) is 6.03. The number of hydrogen-bond donors (Lipinski definition) is 1. The first-order valence-corrected chi connectivity index (χ1v) is 11.0. The number of carbonyl (C=O) groups is 2. The van der Waals surface area contributed by atoms with E-state index in [1.54, 1.807) is 17.2 Å². The van der Waals surface area contributed by atoms with E-state index in [1.165, 1.54) is 0 Å². The fourth-order valence-electron chi connectivity index (χ4n) is 3.56. The third-order valence-electron chi connectivity index (χ3n) is 5.26. The van der Waals surface area contributed by atoms with Crippen LogP contribution < -0.4 is 14.8 Å². The van der Waals surface area contributed by atoms with Crippen molar-refractivity contribution in [2.45, 2.75) is 52.6 Å². The summed E-state index contributed by atoms with van der Waals surface area (Å²) in [5.74, 6) is 1.60. The summed E-state index contributed by atoms with van der Waals surface area (Å²) in [6.45, 7) is 8.05. The lowest BCUT2D eigenvalue weighted by Gasteiger charge is -2.20. The summed E-state index contributed by atoms with van der Waals surface area (Å²) in [7, 11) is 0. The van der Waals surface area contributed by atoms with Crippen LogP contribution in [0.15, 0.2) is 41.0 Å². The zero-order valence-electron chi connectivity index (χ0n) is 18.6. The topological polar surface area (TPSA) is 81.0 Å². The van der Waals surface area contributed by atoms with Gasteiger partial charge in [-0.05, 0) is 49.6 Å². The fraction of sp³-hybridized carbons (Fsp3) is 0.500. The first-order chi connectivity index (χ1) is 15.0. The van der Waals surface area contributed by atoms with Crippen molar-refractivity contribution in [3.05, 3.63) is 47.9 Å². The number of benzene rings is 1. The molecule has 2 heterocycles. The first-order valence-electron chi connectivity index (χ1n) is 11.0. The van der Waals surface area contributed by atoms with Gasteiger partial charge in [0, 0.05) is 13.0 Å². The van der Waals surface area contributed by atoms with Crippen LogP contribution in [-0.4, -0.2) is 36.5 Å². The Morgan fingerprint density at radius 1 is 1.19 bits per heavy atom. The number of hydrogen-bond acceptors (Lipinski definition) is 5. The molecule has 1 aliphatic rings. The molecule has 1 aromatic carbocycles. The molecule has 0 saturated carbocycles. The van der Waals surface area contributed by atoms with E-state index in [-0.39, 0.29) is 30.2 Å². The van der Waals surface area contributed by atoms with Gasteiger partial charge < -0.3 is 24.1 Å². The van der Waals surface area contributed by atoms with Crippen molar-refractivity contribution in [2.75, 3.05) is 19.8 Å². The van der Waals surface area contributed by atoms with Gasteiger partial charge in [0.1, 0.15) is 5.76 Å². The van der Waals surface area contributed by atoms with Gasteiger partial charge in [-0.25, -0.2) is 0 Å². The summed E-state index contributed by atoms with van der Waals surface area (Å²) >= 11 is 0. The second kappa shape index (κ2) is 10.9. The number of furan rings is 1. The Kier molecular flexibility index (Phi) is 7.98. The van der Waals surface area contributed by atoms with Crippen LogP contribution in [-0.2, 0) is 16.1 Å². The second-order valence-electron chi connectivity index (χ2n) is 7.89. The van der Waals surface area contributed by atoms with E-state index in [1.807, 2.05) is 31.2 Å². The number of carbonyl (C=O) groups excluding carboxylic acids is 2. The quantitative estimate of drug-likeness (QED) is 0.583. The highest BCUT2D eigenvalue weighted by atomic mass is 16.5. The molecule has 7 nitrogen and oxygen atoms in total. The van der Waals surface area contributed by atoms with E-state index in [2.05, 4.69) is 19.2 Å². The largest absolute Gasteiger partial charge is 0.490 e. The fourth-order valence-corrected chi connectivity index (χ4v) is 3.56. The van der Waals surface area contributed by atoms with Crippen LogP contribution in [0.2, 0.25) is 0 Å². The summed E-state index contributed by atoms with van der Waals surface area (Å²) in [6, 6.07) is 9.16. The molecule has 2 aromatic rings. The number of rotatable bonds is 11. The number of nitrogens with zero attached hydrogens (tertiary/aromatic N) is 1. The molecule has 1 saturated heterocycles. The van der Waals surface area contributed by atoms with Crippen LogP contribution in [0, 0.1) is 5.92 Å². The Hall–Kier alpha value is -2.96. The smallest absolute Gasteiger partial charge is 0.225 e. The Labute approximate surface area is 183 Å². The van der Waals surface area contributed by atoms with Gasteiger partial charge in [0.05, 0.1) is 38.0 Å². The lowest BCUT2D eigenvalue weighted by molar-refractivity contribution is -0.129. The maximum absolute atomic E-state index is 12.8. The minimum Gasteiger partial charge on any atom is -0.490 e. The van der Waals surface area contributed by atoms with Gasteiger partial charge in [0.25, 0.3) is 0 Å². The highest BCUT2D eigenvalue weighted by Gasteiger charge is 2.35. The van der Waals surface area contributed by atoms with Crippen molar-refractivity contribution in [2.24, 2.45) is 5.92 Å². The molecule has 0 spiro atoms. The molecular formula is C24H32N2O5. The van der Waals surface area contributed by atoms with E-state index < -0.39 is 0 Å². The van der Waals surface area contributed by atoms with E-state index >= 15 is 0 Å². The molecule has 1 fully saturated rings. The average molecular weight is 429 g/mol. The molecule has 1 aromatic heterocycles. The SMILES string of the molecule is CCCOc1ccc(C(C)NC(=O)C2CC(=O)N(Cc3ccco3)C2)cc1OCCC. The predicted octanol–water partition coefficient (Wildman–Crippen LogP) is 4.08. The summed E-state index contributed by atoms with van der Waals surface area (Å²) in [4.78, 5) is 26.8. The van der Waals surface area contributed by atoms with Crippen LogP contribution in [0.4, 0.5) is 0 Å². The van der Waals surface area contributed by atoms with Gasteiger partial charge in [0.2, 0.25) is 11.8 Å². The number of ether oxygens (including phenoxy) is 2. The van der Waals surface area contributed by atoms with Crippen LogP contribution in [0.25, 0.3) is 0 Å². The Bertz CT molecular complexity index is 865. The minimum absolute atomic E-state index is 0.0307. The van der Waals surface area contributed by atoms with Crippen LogP contribution in [0.1, 0.15) is 57.4 Å². The van der Waals surface area contributed by atoms with E-state index in [0.29, 0.717) is 43.6 Å². The number of likely N-dealkylation sites (tertiary alicyclic amines) is 1. The molecule has 0 radical (unpaired) electrons. The van der Waals surface area contributed by atoms with Gasteiger partial charge >= 0.3 is 0 Å². The maximum Gasteiger partial charge on any atom is 0.225 e. The van der Waals surface area contributed by atoms with E-state index in [0.717, 1.165) is 18.4 Å². The van der Waals surface area contributed by atoms with Crippen LogP contribution in [0.3, 0.4) is 0 Å². The van der Waals surface area contributed by atoms with Gasteiger partial charge in [-0.1, -0.05) is 19.9 Å². The minimum atomic E-state index is -0.368. The van der Waals surface area contributed by atoms with Crippen molar-refractivity contribution in [1.29, 1.82) is 0 Å². The zero-order valence-corrected chi connectivity index (χ0v) is 18.6. The summed E-state index contributed by atoms with van der Waals surface area (Å²) in [5.41, 5.74) is 0.931. The first kappa shape index (κ1) is 22.7. The lowest BCUT2D eigenvalue weighted by Crippen LogP contribution is -2.34. The standard InChI is InChI=1S/C24H32N2O5/c1-4-10-30-21-9-8-18(13-22(21)31-11-5-2)17(3)25-24(28)19-14-23(27)26(15-19)16-20-7-6-12-29-20/h6-9,12-13,17,19H,4-5,10-11,14-16H2,1-3H3,(H,25,28). The summed E-state index contributed by atoms with van der Waals surface area (Å²) in [5, 5.41) is 3.05. The molecule has 2 amide bonds. The third-order valence-corrected chi connectivity index (χ3v) is 5.26. The van der Waals surface area contributed by atoms with Gasteiger partial charge in [-0.15, -0.1) is 0 Å². The molecule has 168 valence electrons. The Balaban J connectivity index is 1.61. The van der Waals surface area contributed by atoms with Gasteiger partial charge in [-0.2, -0.15) is 0 Å². The molecule has 2 unspecified atom stereocenters. The number of amides is 2. The molecule has 31 heavy (non-hydrogen) atoms. The molecule has 1 aliphatic heterocycles. The lowest BCUT2D eigenvalue weighted by atomic mass is 10.0. The number of nitrogens with one attached hydrogen (secondary N) is 1. The van der Waals surface area contributed by atoms with Crippen molar-refractivity contribution < 1.29 is 23.5 Å². The average Bonchev–Trinajstić information content (AvgIpc) is 3.41. The predicted molar refractivity (Wildman–Crippen MR) is 117 cm³/mol. The van der Waals surface area contributed by atoms with Gasteiger partial charge in [0.15, 0.2) is 11.5 Å². The molecule has 3 rings (SSSR count). The van der Waals surface area contributed by atoms with Gasteiger partial charge in [-0.3, -0.25) is 9.59 Å². The Morgan fingerprint density at radius 2 is 1.94 bits per heavy atom. The Morgan fingerprint density at radius 3 is 2.61 bits per heavy atom. The summed E-state index contributed by atoms with van der Waals surface area (Å²) in [6.07, 6.45) is 3.61. The molecule has 7 heteroatoms. The maximum atomic E-state index is 12.8. The normalized spacial score (nSPS) is 16.9. The molecule has 1 N–H and O–H groups in total. The summed E-state index contributed by atoms with van der Waals surface area (Å²) < 4.78 is 17.0. The monoisotopic (exact) mass is 428 g/mol. The molecule has 2 atom stereocenters. The molecule has 0 bridgehead atoms. The molecule has 0 aliphatic carbocycles. The molecular weight excluding hydrogens is 396 g/mol. The van der Waals surface area contributed by atoms with E-state index in [9.17, 15) is 9.59 Å². The highest BCUT2D eigenvalue weighted by molar-refractivity contribution is 5.89. The van der Waals surface area contributed by atoms with Crippen LogP contribution >= 0.6 is 0 Å².